The Labute approximate surface area is 88.6 Å². The summed E-state index contributed by atoms with van der Waals surface area (Å²) in [6.45, 7) is 3.18. The van der Waals surface area contributed by atoms with Crippen LogP contribution in [0.2, 0.25) is 0 Å². The van der Waals surface area contributed by atoms with Crippen LogP contribution >= 0.6 is 0 Å². The lowest BCUT2D eigenvalue weighted by Gasteiger charge is -2.15. The van der Waals surface area contributed by atoms with Crippen molar-refractivity contribution < 1.29 is 0 Å². The second kappa shape index (κ2) is 5.15. The van der Waals surface area contributed by atoms with Crippen LogP contribution < -0.4 is 10.5 Å². The molecule has 1 heterocycles. The Morgan fingerprint density at radius 3 is 2.93 bits per heavy atom. The molecule has 5 nitrogen and oxygen atoms in total. The van der Waals surface area contributed by atoms with E-state index in [2.05, 4.69) is 5.10 Å². The van der Waals surface area contributed by atoms with E-state index in [0.29, 0.717) is 13.0 Å². The minimum atomic E-state index is -0.164. The maximum absolute atomic E-state index is 11.5. The van der Waals surface area contributed by atoms with Crippen molar-refractivity contribution in [2.24, 2.45) is 0 Å². The smallest absolute Gasteiger partial charge is 0.268 e. The van der Waals surface area contributed by atoms with E-state index < -0.39 is 0 Å². The highest BCUT2D eigenvalue weighted by Crippen LogP contribution is 2.05. The number of aromatic nitrogens is 2. The minimum Gasteiger partial charge on any atom is -0.373 e. The third kappa shape index (κ3) is 2.81. The molecular weight excluding hydrogens is 192 g/mol. The largest absolute Gasteiger partial charge is 0.373 e. The van der Waals surface area contributed by atoms with Gasteiger partial charge in [-0.15, -0.1) is 0 Å². The number of hydrogen-bond donors (Lipinski definition) is 0. The van der Waals surface area contributed by atoms with Gasteiger partial charge in [0.2, 0.25) is 0 Å². The molecule has 80 valence electrons. The number of nitrogens with zero attached hydrogens (tertiary/aromatic N) is 4. The molecule has 0 N–H and O–H groups in total. The van der Waals surface area contributed by atoms with E-state index in [1.54, 1.807) is 6.20 Å². The molecule has 0 aliphatic carbocycles. The van der Waals surface area contributed by atoms with Crippen molar-refractivity contribution in [2.45, 2.75) is 19.9 Å². The highest BCUT2D eigenvalue weighted by atomic mass is 16.1. The first-order valence-electron chi connectivity index (χ1n) is 4.84. The molecule has 0 radical (unpaired) electrons. The molecule has 0 saturated carbocycles. The van der Waals surface area contributed by atoms with Crippen molar-refractivity contribution in [2.75, 3.05) is 18.5 Å². The summed E-state index contributed by atoms with van der Waals surface area (Å²) in [5.41, 5.74) is 0.638. The van der Waals surface area contributed by atoms with E-state index in [0.717, 1.165) is 12.2 Å². The second-order valence-corrected chi connectivity index (χ2v) is 3.20. The predicted molar refractivity (Wildman–Crippen MR) is 57.7 cm³/mol. The Hall–Kier alpha value is -1.83. The van der Waals surface area contributed by atoms with E-state index in [4.69, 9.17) is 5.26 Å². The van der Waals surface area contributed by atoms with Crippen LogP contribution in [-0.4, -0.2) is 23.4 Å². The third-order valence-corrected chi connectivity index (χ3v) is 2.21. The molecule has 1 aromatic rings. The van der Waals surface area contributed by atoms with Gasteiger partial charge in [-0.05, 0) is 6.92 Å². The fourth-order valence-electron chi connectivity index (χ4n) is 1.14. The summed E-state index contributed by atoms with van der Waals surface area (Å²) in [6, 6.07) is 3.52. The van der Waals surface area contributed by atoms with Crippen LogP contribution in [-0.2, 0) is 6.54 Å². The highest BCUT2D eigenvalue weighted by molar-refractivity contribution is 5.41. The number of nitriles is 1. The molecule has 0 fully saturated rings. The molecule has 1 aromatic heterocycles. The van der Waals surface area contributed by atoms with E-state index >= 15 is 0 Å². The molecule has 0 unspecified atom stereocenters. The van der Waals surface area contributed by atoms with Crippen LogP contribution in [0.25, 0.3) is 0 Å². The van der Waals surface area contributed by atoms with Gasteiger partial charge in [0.25, 0.3) is 5.56 Å². The molecule has 15 heavy (non-hydrogen) atoms. The normalized spacial score (nSPS) is 9.67. The second-order valence-electron chi connectivity index (χ2n) is 3.20. The van der Waals surface area contributed by atoms with Gasteiger partial charge in [0.15, 0.2) is 0 Å². The topological polar surface area (TPSA) is 61.9 Å². The molecule has 0 amide bonds. The number of rotatable bonds is 4. The predicted octanol–water partition coefficient (Wildman–Crippen LogP) is 0.613. The van der Waals surface area contributed by atoms with Gasteiger partial charge < -0.3 is 4.90 Å². The van der Waals surface area contributed by atoms with Crippen LogP contribution in [0.15, 0.2) is 17.1 Å². The van der Waals surface area contributed by atoms with Crippen LogP contribution in [0.3, 0.4) is 0 Å². The van der Waals surface area contributed by atoms with Crippen LogP contribution in [0, 0.1) is 11.3 Å². The quantitative estimate of drug-likeness (QED) is 0.724. The summed E-state index contributed by atoms with van der Waals surface area (Å²) >= 11 is 0. The lowest BCUT2D eigenvalue weighted by molar-refractivity contribution is 0.588. The Balaban J connectivity index is 2.89. The molecule has 0 aliphatic rings. The zero-order valence-corrected chi connectivity index (χ0v) is 8.97. The monoisotopic (exact) mass is 206 g/mol. The van der Waals surface area contributed by atoms with Crippen molar-refractivity contribution in [3.8, 4) is 6.07 Å². The molecule has 5 heteroatoms. The summed E-state index contributed by atoms with van der Waals surface area (Å²) in [5, 5.41) is 12.4. The highest BCUT2D eigenvalue weighted by Gasteiger charge is 2.02. The summed E-state index contributed by atoms with van der Waals surface area (Å²) < 4.78 is 1.30. The molecule has 0 spiro atoms. The summed E-state index contributed by atoms with van der Waals surface area (Å²) in [4.78, 5) is 13.5. The Morgan fingerprint density at radius 2 is 2.40 bits per heavy atom. The van der Waals surface area contributed by atoms with Gasteiger partial charge in [-0.3, -0.25) is 4.79 Å². The lowest BCUT2D eigenvalue weighted by Crippen LogP contribution is -2.25. The SMILES string of the molecule is CCN(C)c1cnn(CCC#N)c(=O)c1. The first-order chi connectivity index (χ1) is 7.19. The van der Waals surface area contributed by atoms with Gasteiger partial charge in [0.05, 0.1) is 30.9 Å². The molecule has 1 rings (SSSR count). The van der Waals surface area contributed by atoms with Gasteiger partial charge in [0.1, 0.15) is 0 Å². The first-order valence-corrected chi connectivity index (χ1v) is 4.84. The van der Waals surface area contributed by atoms with E-state index in [1.807, 2.05) is 24.9 Å². The van der Waals surface area contributed by atoms with Crippen LogP contribution in [0.5, 0.6) is 0 Å². The number of aryl methyl sites for hydroxylation is 1. The number of hydrogen-bond acceptors (Lipinski definition) is 4. The maximum atomic E-state index is 11.5. The summed E-state index contributed by atoms with van der Waals surface area (Å²) in [6.07, 6.45) is 1.94. The maximum Gasteiger partial charge on any atom is 0.268 e. The zero-order valence-electron chi connectivity index (χ0n) is 8.97. The fourth-order valence-corrected chi connectivity index (χ4v) is 1.14. The molecule has 0 saturated heterocycles. The molecule has 0 atom stereocenters. The first kappa shape index (κ1) is 11.2. The van der Waals surface area contributed by atoms with Crippen molar-refractivity contribution in [1.29, 1.82) is 5.26 Å². The van der Waals surface area contributed by atoms with Crippen molar-refractivity contribution >= 4 is 5.69 Å². The fraction of sp³-hybridized carbons (Fsp3) is 0.500. The van der Waals surface area contributed by atoms with E-state index in [9.17, 15) is 4.79 Å². The van der Waals surface area contributed by atoms with Gasteiger partial charge in [0, 0.05) is 19.7 Å². The third-order valence-electron chi connectivity index (χ3n) is 2.21. The summed E-state index contributed by atoms with van der Waals surface area (Å²) in [5.74, 6) is 0. The average Bonchev–Trinajstić information content (AvgIpc) is 2.26. The molecule has 0 aliphatic heterocycles. The summed E-state index contributed by atoms with van der Waals surface area (Å²) in [7, 11) is 1.90. The molecular formula is C10H14N4O. The number of anilines is 1. The van der Waals surface area contributed by atoms with E-state index in [1.165, 1.54) is 10.7 Å². The van der Waals surface area contributed by atoms with E-state index in [-0.39, 0.29) is 5.56 Å². The zero-order chi connectivity index (χ0) is 11.3. The van der Waals surface area contributed by atoms with Crippen LogP contribution in [0.4, 0.5) is 5.69 Å². The Kier molecular flexibility index (Phi) is 3.86. The van der Waals surface area contributed by atoms with Crippen LogP contribution in [0.1, 0.15) is 13.3 Å². The molecule has 0 bridgehead atoms. The van der Waals surface area contributed by atoms with Gasteiger partial charge >= 0.3 is 0 Å². The van der Waals surface area contributed by atoms with Gasteiger partial charge in [-0.25, -0.2) is 4.68 Å². The molecule has 0 aromatic carbocycles. The standard InChI is InChI=1S/C10H14N4O/c1-3-13(2)9-7-10(15)14(12-8-9)6-4-5-11/h7-8H,3-4,6H2,1-2H3. The van der Waals surface area contributed by atoms with Crippen molar-refractivity contribution in [1.82, 2.24) is 9.78 Å². The van der Waals surface area contributed by atoms with Gasteiger partial charge in [-0.1, -0.05) is 0 Å². The van der Waals surface area contributed by atoms with Crippen molar-refractivity contribution in [3.05, 3.63) is 22.6 Å². The minimum absolute atomic E-state index is 0.164. The van der Waals surface area contributed by atoms with Gasteiger partial charge in [-0.2, -0.15) is 10.4 Å². The van der Waals surface area contributed by atoms with Crippen molar-refractivity contribution in [3.63, 3.8) is 0 Å². The Morgan fingerprint density at radius 1 is 1.67 bits per heavy atom. The Bertz CT molecular complexity index is 418. The average molecular weight is 206 g/mol. The lowest BCUT2D eigenvalue weighted by atomic mass is 10.4.